The van der Waals surface area contributed by atoms with E-state index < -0.39 is 11.2 Å². The van der Waals surface area contributed by atoms with Crippen molar-refractivity contribution in [2.45, 2.75) is 23.0 Å². The molecule has 0 spiro atoms. The van der Waals surface area contributed by atoms with Gasteiger partial charge in [-0.25, -0.2) is 0 Å². The smallest absolute Gasteiger partial charge is 0.324 e. The first kappa shape index (κ1) is 24.5. The summed E-state index contributed by atoms with van der Waals surface area (Å²) in [6.07, 6.45) is 1.16. The minimum Gasteiger partial charge on any atom is -0.454 e. The average Bonchev–Trinajstić information content (AvgIpc) is 2.92. The van der Waals surface area contributed by atoms with Crippen LogP contribution in [0.3, 0.4) is 0 Å². The summed E-state index contributed by atoms with van der Waals surface area (Å²) >= 11 is 1.40. The normalized spacial score (nSPS) is 14.7. The van der Waals surface area contributed by atoms with E-state index in [0.717, 1.165) is 16.1 Å². The van der Waals surface area contributed by atoms with Gasteiger partial charge in [-0.3, -0.25) is 14.4 Å². The lowest BCUT2D eigenvalue weighted by Crippen LogP contribution is -2.43. The van der Waals surface area contributed by atoms with Gasteiger partial charge in [0.25, 0.3) is 5.91 Å². The molecule has 1 N–H and O–H groups in total. The molecule has 3 aromatic carbocycles. The standard InChI is InChI=1S/C28H28N2O4S/c31-25(30-18-16-22(17-19-30)27(32)29-23-12-6-2-7-13-23)20-34-28(33)26(21-10-4-1-5-11-21)35-24-14-8-3-9-15-24/h1-15,22,26H,16-20H2,(H,29,32)/t26-/m0/s1. The van der Waals surface area contributed by atoms with Gasteiger partial charge in [0.2, 0.25) is 5.91 Å². The van der Waals surface area contributed by atoms with Crippen molar-refractivity contribution < 1.29 is 19.1 Å². The molecule has 0 saturated carbocycles. The highest BCUT2D eigenvalue weighted by atomic mass is 32.2. The van der Waals surface area contributed by atoms with Gasteiger partial charge in [0, 0.05) is 29.6 Å². The van der Waals surface area contributed by atoms with Crippen LogP contribution in [-0.2, 0) is 19.1 Å². The Bertz CT molecular complexity index is 1120. The summed E-state index contributed by atoms with van der Waals surface area (Å²) in [5.74, 6) is -0.864. The van der Waals surface area contributed by atoms with Gasteiger partial charge in [0.15, 0.2) is 6.61 Å². The number of hydrogen-bond acceptors (Lipinski definition) is 5. The first-order valence-corrected chi connectivity index (χ1v) is 12.5. The van der Waals surface area contributed by atoms with E-state index in [1.807, 2.05) is 91.0 Å². The molecule has 4 rings (SSSR count). The van der Waals surface area contributed by atoms with E-state index in [2.05, 4.69) is 5.32 Å². The van der Waals surface area contributed by atoms with E-state index in [9.17, 15) is 14.4 Å². The number of benzene rings is 3. The highest BCUT2D eigenvalue weighted by Gasteiger charge is 2.29. The predicted octanol–water partition coefficient (Wildman–Crippen LogP) is 4.94. The van der Waals surface area contributed by atoms with E-state index in [-0.39, 0.29) is 24.3 Å². The highest BCUT2D eigenvalue weighted by Crippen LogP contribution is 2.36. The summed E-state index contributed by atoms with van der Waals surface area (Å²) in [6.45, 7) is 0.618. The number of thioether (sulfide) groups is 1. The molecule has 1 heterocycles. The van der Waals surface area contributed by atoms with Crippen LogP contribution < -0.4 is 5.32 Å². The molecule has 2 amide bonds. The van der Waals surface area contributed by atoms with Crippen LogP contribution in [0, 0.1) is 5.92 Å². The molecular weight excluding hydrogens is 460 g/mol. The van der Waals surface area contributed by atoms with E-state index in [4.69, 9.17) is 4.74 Å². The van der Waals surface area contributed by atoms with Crippen molar-refractivity contribution in [1.29, 1.82) is 0 Å². The highest BCUT2D eigenvalue weighted by molar-refractivity contribution is 8.00. The molecule has 0 unspecified atom stereocenters. The van der Waals surface area contributed by atoms with Crippen molar-refractivity contribution in [3.8, 4) is 0 Å². The summed E-state index contributed by atoms with van der Waals surface area (Å²) < 4.78 is 5.47. The number of anilines is 1. The molecule has 1 aliphatic heterocycles. The van der Waals surface area contributed by atoms with Crippen molar-refractivity contribution in [2.24, 2.45) is 5.92 Å². The Balaban J connectivity index is 1.28. The summed E-state index contributed by atoms with van der Waals surface area (Å²) in [5, 5.41) is 2.36. The molecule has 0 bridgehead atoms. The summed E-state index contributed by atoms with van der Waals surface area (Å²) in [5.41, 5.74) is 1.59. The predicted molar refractivity (Wildman–Crippen MR) is 137 cm³/mol. The summed E-state index contributed by atoms with van der Waals surface area (Å²) in [4.78, 5) is 40.9. The Morgan fingerprint density at radius 1 is 0.857 bits per heavy atom. The monoisotopic (exact) mass is 488 g/mol. The first-order valence-electron chi connectivity index (χ1n) is 11.7. The minimum atomic E-state index is -0.571. The maximum absolute atomic E-state index is 13.0. The van der Waals surface area contributed by atoms with E-state index in [1.54, 1.807) is 4.90 Å². The van der Waals surface area contributed by atoms with Crippen molar-refractivity contribution in [3.63, 3.8) is 0 Å². The zero-order chi connectivity index (χ0) is 24.5. The van der Waals surface area contributed by atoms with Crippen LogP contribution in [0.5, 0.6) is 0 Å². The largest absolute Gasteiger partial charge is 0.454 e. The van der Waals surface area contributed by atoms with Crippen LogP contribution in [0.2, 0.25) is 0 Å². The molecule has 0 radical (unpaired) electrons. The van der Waals surface area contributed by atoms with Crippen LogP contribution >= 0.6 is 11.8 Å². The summed E-state index contributed by atoms with van der Waals surface area (Å²) in [7, 11) is 0. The molecule has 6 nitrogen and oxygen atoms in total. The fraction of sp³-hybridized carbons (Fsp3) is 0.250. The maximum atomic E-state index is 13.0. The van der Waals surface area contributed by atoms with Crippen LogP contribution in [0.4, 0.5) is 5.69 Å². The Morgan fingerprint density at radius 2 is 1.43 bits per heavy atom. The number of esters is 1. The van der Waals surface area contributed by atoms with Crippen LogP contribution in [0.15, 0.2) is 95.9 Å². The number of carbonyl (C=O) groups is 3. The lowest BCUT2D eigenvalue weighted by Gasteiger charge is -2.31. The Hall–Kier alpha value is -3.58. The maximum Gasteiger partial charge on any atom is 0.324 e. The number of para-hydroxylation sites is 1. The quantitative estimate of drug-likeness (QED) is 0.359. The van der Waals surface area contributed by atoms with Crippen molar-refractivity contribution in [1.82, 2.24) is 4.90 Å². The molecule has 0 aliphatic carbocycles. The minimum absolute atomic E-state index is 0.0293. The zero-order valence-corrected chi connectivity index (χ0v) is 20.2. The molecule has 180 valence electrons. The molecule has 1 saturated heterocycles. The Morgan fingerprint density at radius 3 is 2.06 bits per heavy atom. The number of likely N-dealkylation sites (tertiary alicyclic amines) is 1. The molecule has 1 fully saturated rings. The third-order valence-electron chi connectivity index (χ3n) is 5.91. The van der Waals surface area contributed by atoms with E-state index in [0.29, 0.717) is 25.9 Å². The molecule has 0 aromatic heterocycles. The number of carbonyl (C=O) groups excluding carboxylic acids is 3. The van der Waals surface area contributed by atoms with Gasteiger partial charge in [-0.1, -0.05) is 66.7 Å². The van der Waals surface area contributed by atoms with Crippen molar-refractivity contribution in [2.75, 3.05) is 25.0 Å². The molecule has 1 atom stereocenters. The SMILES string of the molecule is O=C(Nc1ccccc1)C1CCN(C(=O)COC(=O)[C@@H](Sc2ccccc2)c2ccccc2)CC1. The number of nitrogens with one attached hydrogen (secondary N) is 1. The fourth-order valence-electron chi connectivity index (χ4n) is 3.97. The Kier molecular flexibility index (Phi) is 8.57. The summed E-state index contributed by atoms with van der Waals surface area (Å²) in [6, 6.07) is 28.4. The topological polar surface area (TPSA) is 75.7 Å². The number of amides is 2. The molecule has 3 aromatic rings. The van der Waals surface area contributed by atoms with Gasteiger partial charge in [0.05, 0.1) is 0 Å². The first-order chi connectivity index (χ1) is 17.1. The molecule has 7 heteroatoms. The third kappa shape index (κ3) is 6.96. The average molecular weight is 489 g/mol. The lowest BCUT2D eigenvalue weighted by atomic mass is 9.95. The van der Waals surface area contributed by atoms with Gasteiger partial charge in [-0.2, -0.15) is 0 Å². The number of piperidine rings is 1. The van der Waals surface area contributed by atoms with Crippen LogP contribution in [0.1, 0.15) is 23.7 Å². The van der Waals surface area contributed by atoms with Gasteiger partial charge >= 0.3 is 5.97 Å². The molecule has 1 aliphatic rings. The van der Waals surface area contributed by atoms with Crippen LogP contribution in [-0.4, -0.2) is 42.4 Å². The second kappa shape index (κ2) is 12.2. The number of nitrogens with zero attached hydrogens (tertiary/aromatic N) is 1. The second-order valence-electron chi connectivity index (χ2n) is 8.34. The number of ether oxygens (including phenoxy) is 1. The Labute approximate surface area is 209 Å². The van der Waals surface area contributed by atoms with Gasteiger partial charge in [0.1, 0.15) is 5.25 Å². The van der Waals surface area contributed by atoms with Gasteiger partial charge in [-0.15, -0.1) is 11.8 Å². The molecule has 35 heavy (non-hydrogen) atoms. The fourth-order valence-corrected chi connectivity index (χ4v) is 5.02. The molecular formula is C28H28N2O4S. The van der Waals surface area contributed by atoms with Crippen molar-refractivity contribution >= 4 is 35.2 Å². The van der Waals surface area contributed by atoms with Gasteiger partial charge < -0.3 is 15.0 Å². The van der Waals surface area contributed by atoms with Crippen molar-refractivity contribution in [3.05, 3.63) is 96.6 Å². The van der Waals surface area contributed by atoms with Crippen LogP contribution in [0.25, 0.3) is 0 Å². The lowest BCUT2D eigenvalue weighted by molar-refractivity contribution is -0.152. The van der Waals surface area contributed by atoms with E-state index in [1.165, 1.54) is 11.8 Å². The third-order valence-corrected chi connectivity index (χ3v) is 7.16. The second-order valence-corrected chi connectivity index (χ2v) is 9.52. The van der Waals surface area contributed by atoms with E-state index >= 15 is 0 Å². The van der Waals surface area contributed by atoms with Gasteiger partial charge in [-0.05, 0) is 42.7 Å². The number of rotatable bonds is 8. The number of hydrogen-bond donors (Lipinski definition) is 1. The zero-order valence-electron chi connectivity index (χ0n) is 19.3.